The third-order valence-corrected chi connectivity index (χ3v) is 1.97. The first-order valence-electron chi connectivity index (χ1n) is 3.67. The van der Waals surface area contributed by atoms with Crippen molar-refractivity contribution in [2.24, 2.45) is 4.99 Å². The van der Waals surface area contributed by atoms with E-state index in [2.05, 4.69) is 4.99 Å². The second-order valence-corrected chi connectivity index (χ2v) is 2.95. The number of isocyanates is 1. The van der Waals surface area contributed by atoms with Crippen LogP contribution in [-0.2, 0) is 4.79 Å². The van der Waals surface area contributed by atoms with E-state index in [1.807, 2.05) is 0 Å². The van der Waals surface area contributed by atoms with E-state index in [0.29, 0.717) is 5.56 Å². The number of hydrogen-bond donors (Lipinski definition) is 0. The minimum absolute atomic E-state index is 0.0328. The van der Waals surface area contributed by atoms with Crippen LogP contribution >= 0.6 is 11.6 Å². The normalized spacial score (nSPS) is 11.9. The maximum absolute atomic E-state index is 13.3. The van der Waals surface area contributed by atoms with Gasteiger partial charge in [0, 0.05) is 5.56 Å². The standard InChI is InChI=1S/C9H7ClFNO/c1-6(12-5-13)7-3-2-4-8(10)9(7)11/h2-4,6H,1H3. The fraction of sp³-hybridized carbons (Fsp3) is 0.222. The maximum Gasteiger partial charge on any atom is 0.235 e. The second kappa shape index (κ2) is 4.17. The number of nitrogens with zero attached hydrogens (tertiary/aromatic N) is 1. The predicted octanol–water partition coefficient (Wildman–Crippen LogP) is 2.88. The van der Waals surface area contributed by atoms with Crippen LogP contribution < -0.4 is 0 Å². The molecule has 0 saturated carbocycles. The highest BCUT2D eigenvalue weighted by molar-refractivity contribution is 6.30. The quantitative estimate of drug-likeness (QED) is 0.532. The van der Waals surface area contributed by atoms with E-state index in [4.69, 9.17) is 11.6 Å². The molecular formula is C9H7ClFNO. The minimum atomic E-state index is -0.545. The number of benzene rings is 1. The Kier molecular flexibility index (Phi) is 3.18. The number of carbonyl (C=O) groups excluding carboxylic acids is 1. The van der Waals surface area contributed by atoms with E-state index in [1.165, 1.54) is 18.2 Å². The molecule has 1 rings (SSSR count). The largest absolute Gasteiger partial charge is 0.235 e. The van der Waals surface area contributed by atoms with Crippen LogP contribution in [0.15, 0.2) is 23.2 Å². The van der Waals surface area contributed by atoms with Crippen molar-refractivity contribution in [2.75, 3.05) is 0 Å². The predicted molar refractivity (Wildman–Crippen MR) is 47.9 cm³/mol. The molecule has 0 aromatic heterocycles. The fourth-order valence-corrected chi connectivity index (χ4v) is 1.17. The number of hydrogen-bond acceptors (Lipinski definition) is 2. The summed E-state index contributed by atoms with van der Waals surface area (Å²) in [5.74, 6) is -0.532. The van der Waals surface area contributed by atoms with E-state index in [9.17, 15) is 9.18 Å². The minimum Gasteiger partial charge on any atom is -0.211 e. The summed E-state index contributed by atoms with van der Waals surface area (Å²) in [5.41, 5.74) is 0.302. The van der Waals surface area contributed by atoms with Crippen molar-refractivity contribution in [3.8, 4) is 0 Å². The zero-order valence-electron chi connectivity index (χ0n) is 6.92. The summed E-state index contributed by atoms with van der Waals surface area (Å²) in [6, 6.07) is 4.04. The van der Waals surface area contributed by atoms with Crippen LogP contribution in [0.2, 0.25) is 5.02 Å². The molecule has 0 bridgehead atoms. The molecule has 4 heteroatoms. The van der Waals surface area contributed by atoms with Crippen molar-refractivity contribution in [2.45, 2.75) is 13.0 Å². The molecule has 2 nitrogen and oxygen atoms in total. The number of aliphatic imine (C=N–C) groups is 1. The smallest absolute Gasteiger partial charge is 0.211 e. The van der Waals surface area contributed by atoms with Gasteiger partial charge in [0.15, 0.2) is 0 Å². The third-order valence-electron chi connectivity index (χ3n) is 1.68. The van der Waals surface area contributed by atoms with E-state index in [1.54, 1.807) is 13.0 Å². The van der Waals surface area contributed by atoms with E-state index >= 15 is 0 Å². The Bertz CT molecular complexity index is 361. The van der Waals surface area contributed by atoms with E-state index in [-0.39, 0.29) is 5.02 Å². The van der Waals surface area contributed by atoms with Gasteiger partial charge in [-0.25, -0.2) is 9.18 Å². The molecular weight excluding hydrogens is 193 g/mol. The van der Waals surface area contributed by atoms with E-state index in [0.717, 1.165) is 0 Å². The average molecular weight is 200 g/mol. The highest BCUT2D eigenvalue weighted by Crippen LogP contribution is 2.24. The van der Waals surface area contributed by atoms with Gasteiger partial charge in [0.1, 0.15) is 5.82 Å². The molecule has 0 heterocycles. The van der Waals surface area contributed by atoms with Crippen molar-refractivity contribution in [1.82, 2.24) is 0 Å². The molecule has 0 radical (unpaired) electrons. The van der Waals surface area contributed by atoms with Crippen LogP contribution in [0.4, 0.5) is 4.39 Å². The van der Waals surface area contributed by atoms with Gasteiger partial charge in [-0.15, -0.1) is 0 Å². The molecule has 68 valence electrons. The van der Waals surface area contributed by atoms with Gasteiger partial charge in [0.2, 0.25) is 6.08 Å². The summed E-state index contributed by atoms with van der Waals surface area (Å²) in [4.78, 5) is 13.3. The van der Waals surface area contributed by atoms with Crippen molar-refractivity contribution in [3.63, 3.8) is 0 Å². The topological polar surface area (TPSA) is 29.4 Å². The van der Waals surface area contributed by atoms with Crippen LogP contribution in [0.1, 0.15) is 18.5 Å². The lowest BCUT2D eigenvalue weighted by Crippen LogP contribution is -1.94. The van der Waals surface area contributed by atoms with Gasteiger partial charge in [0.05, 0.1) is 11.1 Å². The van der Waals surface area contributed by atoms with Gasteiger partial charge < -0.3 is 0 Å². The van der Waals surface area contributed by atoms with Gasteiger partial charge in [-0.1, -0.05) is 23.7 Å². The Labute approximate surface area is 80.1 Å². The Morgan fingerprint density at radius 2 is 2.31 bits per heavy atom. The Morgan fingerprint density at radius 1 is 1.62 bits per heavy atom. The van der Waals surface area contributed by atoms with Crippen LogP contribution in [0, 0.1) is 5.82 Å². The Balaban J connectivity index is 3.14. The van der Waals surface area contributed by atoms with Gasteiger partial charge in [-0.3, -0.25) is 0 Å². The summed E-state index contributed by atoms with van der Waals surface area (Å²) in [6.07, 6.45) is 1.38. The molecule has 13 heavy (non-hydrogen) atoms. The van der Waals surface area contributed by atoms with Crippen LogP contribution in [0.5, 0.6) is 0 Å². The summed E-state index contributed by atoms with van der Waals surface area (Å²) in [7, 11) is 0. The average Bonchev–Trinajstić information content (AvgIpc) is 2.10. The van der Waals surface area contributed by atoms with E-state index < -0.39 is 11.9 Å². The SMILES string of the molecule is CC(N=C=O)c1cccc(Cl)c1F. The third kappa shape index (κ3) is 2.14. The second-order valence-electron chi connectivity index (χ2n) is 2.54. The van der Waals surface area contributed by atoms with Crippen LogP contribution in [0.25, 0.3) is 0 Å². The summed E-state index contributed by atoms with van der Waals surface area (Å²) in [5, 5.41) is 0.0328. The molecule has 0 aliphatic rings. The number of rotatable bonds is 2. The molecule has 0 N–H and O–H groups in total. The number of halogens is 2. The molecule has 1 aromatic rings. The lowest BCUT2D eigenvalue weighted by Gasteiger charge is -2.06. The van der Waals surface area contributed by atoms with Crippen LogP contribution in [0.3, 0.4) is 0 Å². The van der Waals surface area contributed by atoms with Gasteiger partial charge in [-0.05, 0) is 13.0 Å². The highest BCUT2D eigenvalue weighted by Gasteiger charge is 2.11. The lowest BCUT2D eigenvalue weighted by molar-refractivity contribution is 0.555. The van der Waals surface area contributed by atoms with Crippen molar-refractivity contribution in [1.29, 1.82) is 0 Å². The first kappa shape index (κ1) is 9.90. The molecule has 0 spiro atoms. The van der Waals surface area contributed by atoms with Gasteiger partial charge in [-0.2, -0.15) is 4.99 Å². The molecule has 0 fully saturated rings. The molecule has 0 saturated heterocycles. The van der Waals surface area contributed by atoms with Gasteiger partial charge >= 0.3 is 0 Å². The van der Waals surface area contributed by atoms with Crippen molar-refractivity contribution in [3.05, 3.63) is 34.6 Å². The maximum atomic E-state index is 13.3. The van der Waals surface area contributed by atoms with Crippen molar-refractivity contribution >= 4 is 17.7 Å². The molecule has 1 unspecified atom stereocenters. The summed E-state index contributed by atoms with van der Waals surface area (Å²) >= 11 is 5.54. The Morgan fingerprint density at radius 3 is 2.92 bits per heavy atom. The highest BCUT2D eigenvalue weighted by atomic mass is 35.5. The molecule has 0 amide bonds. The summed E-state index contributed by atoms with van der Waals surface area (Å²) in [6.45, 7) is 1.60. The zero-order chi connectivity index (χ0) is 9.84. The molecule has 1 atom stereocenters. The molecule has 0 aliphatic heterocycles. The van der Waals surface area contributed by atoms with Crippen LogP contribution in [-0.4, -0.2) is 6.08 Å². The Hall–Kier alpha value is -1.18. The molecule has 0 aliphatic carbocycles. The molecule has 1 aromatic carbocycles. The van der Waals surface area contributed by atoms with Gasteiger partial charge in [0.25, 0.3) is 0 Å². The fourth-order valence-electron chi connectivity index (χ4n) is 0.992. The monoisotopic (exact) mass is 199 g/mol. The lowest BCUT2D eigenvalue weighted by atomic mass is 10.1. The zero-order valence-corrected chi connectivity index (χ0v) is 7.68. The first-order chi connectivity index (χ1) is 6.16. The first-order valence-corrected chi connectivity index (χ1v) is 4.05. The van der Waals surface area contributed by atoms with Crippen molar-refractivity contribution < 1.29 is 9.18 Å². The summed E-state index contributed by atoms with van der Waals surface area (Å²) < 4.78 is 13.3.